The zero-order valence-electron chi connectivity index (χ0n) is 15.1. The van der Waals surface area contributed by atoms with E-state index < -0.39 is 0 Å². The van der Waals surface area contributed by atoms with E-state index in [2.05, 4.69) is 17.2 Å². The first-order valence-electron chi connectivity index (χ1n) is 9.26. The van der Waals surface area contributed by atoms with Gasteiger partial charge >= 0.3 is 0 Å². The molecule has 1 heterocycles. The molecular weight excluding hydrogens is 331 g/mol. The summed E-state index contributed by atoms with van der Waals surface area (Å²) in [5.41, 5.74) is 1.25. The van der Waals surface area contributed by atoms with Crippen LogP contribution in [0.4, 0.5) is 4.39 Å². The quantitative estimate of drug-likeness (QED) is 0.829. The average molecular weight is 356 g/mol. The fraction of sp³-hybridized carbons (Fsp3) is 0.429. The van der Waals surface area contributed by atoms with Crippen molar-refractivity contribution in [1.82, 2.24) is 10.3 Å². The Morgan fingerprint density at radius 1 is 1.27 bits per heavy atom. The Kier molecular flexibility index (Phi) is 6.21. The lowest BCUT2D eigenvalue weighted by molar-refractivity contribution is 0.0919. The molecule has 0 radical (unpaired) electrons. The van der Waals surface area contributed by atoms with Gasteiger partial charge in [0, 0.05) is 18.3 Å². The number of carbonyl (C=O) groups is 1. The number of nitrogens with one attached hydrogen (secondary N) is 1. The molecule has 2 aromatic rings. The highest BCUT2D eigenvalue weighted by atomic mass is 19.1. The maximum atomic E-state index is 13.2. The normalized spacial score (nSPS) is 16.1. The van der Waals surface area contributed by atoms with Gasteiger partial charge in [0.15, 0.2) is 0 Å². The topological polar surface area (TPSA) is 51.2 Å². The van der Waals surface area contributed by atoms with Gasteiger partial charge in [-0.15, -0.1) is 0 Å². The summed E-state index contributed by atoms with van der Waals surface area (Å²) in [5, 5.41) is 3.09. The van der Waals surface area contributed by atoms with E-state index in [1.54, 1.807) is 24.3 Å². The molecule has 0 bridgehead atoms. The number of benzene rings is 1. The van der Waals surface area contributed by atoms with E-state index in [1.807, 2.05) is 0 Å². The summed E-state index contributed by atoms with van der Waals surface area (Å²) in [7, 11) is 0. The summed E-state index contributed by atoms with van der Waals surface area (Å²) in [4.78, 5) is 16.6. The van der Waals surface area contributed by atoms with Crippen LogP contribution in [0.15, 0.2) is 42.6 Å². The number of hydrogen-bond donors (Lipinski definition) is 1. The van der Waals surface area contributed by atoms with Gasteiger partial charge in [0.2, 0.25) is 5.88 Å². The van der Waals surface area contributed by atoms with Gasteiger partial charge in [-0.25, -0.2) is 9.37 Å². The first kappa shape index (κ1) is 18.4. The van der Waals surface area contributed by atoms with Crippen LogP contribution in [0.3, 0.4) is 0 Å². The summed E-state index contributed by atoms with van der Waals surface area (Å²) in [6, 6.07) is 9.79. The van der Waals surface area contributed by atoms with Gasteiger partial charge in [-0.3, -0.25) is 4.79 Å². The van der Waals surface area contributed by atoms with Gasteiger partial charge in [-0.2, -0.15) is 0 Å². The molecule has 1 aromatic heterocycles. The Morgan fingerprint density at radius 3 is 2.77 bits per heavy atom. The van der Waals surface area contributed by atoms with Gasteiger partial charge in [0.1, 0.15) is 12.4 Å². The van der Waals surface area contributed by atoms with E-state index in [4.69, 9.17) is 4.74 Å². The minimum absolute atomic E-state index is 0.104. The van der Waals surface area contributed by atoms with Gasteiger partial charge < -0.3 is 10.1 Å². The minimum atomic E-state index is -0.293. The van der Waals surface area contributed by atoms with Crippen molar-refractivity contribution in [3.05, 3.63) is 59.5 Å². The average Bonchev–Trinajstić information content (AvgIpc) is 2.67. The van der Waals surface area contributed by atoms with E-state index in [-0.39, 0.29) is 24.4 Å². The fourth-order valence-corrected chi connectivity index (χ4v) is 3.43. The van der Waals surface area contributed by atoms with Gasteiger partial charge in [-0.1, -0.05) is 31.4 Å². The summed E-state index contributed by atoms with van der Waals surface area (Å²) < 4.78 is 18.7. The number of pyridine rings is 1. The van der Waals surface area contributed by atoms with Crippen LogP contribution in [-0.4, -0.2) is 16.9 Å². The third-order valence-corrected chi connectivity index (χ3v) is 4.99. The predicted molar refractivity (Wildman–Crippen MR) is 98.5 cm³/mol. The van der Waals surface area contributed by atoms with Crippen LogP contribution in [-0.2, 0) is 6.61 Å². The maximum Gasteiger partial charge on any atom is 0.253 e. The second-order valence-corrected chi connectivity index (χ2v) is 6.96. The molecule has 0 unspecified atom stereocenters. The molecule has 4 nitrogen and oxygen atoms in total. The van der Waals surface area contributed by atoms with Crippen molar-refractivity contribution in [2.24, 2.45) is 5.92 Å². The molecule has 1 aliphatic carbocycles. The Bertz CT molecular complexity index is 727. The Hall–Kier alpha value is -2.43. The van der Waals surface area contributed by atoms with Crippen LogP contribution >= 0.6 is 0 Å². The molecular formula is C21H25FN2O2. The molecule has 1 N–H and O–H groups in total. The van der Waals surface area contributed by atoms with Crippen molar-refractivity contribution in [3.8, 4) is 5.88 Å². The summed E-state index contributed by atoms with van der Waals surface area (Å²) in [6.45, 7) is 2.31. The number of rotatable bonds is 6. The highest BCUT2D eigenvalue weighted by Gasteiger charge is 2.21. The maximum absolute atomic E-state index is 13.2. The fourth-order valence-electron chi connectivity index (χ4n) is 3.43. The summed E-state index contributed by atoms with van der Waals surface area (Å²) in [5.74, 6) is 0.575. The lowest BCUT2D eigenvalue weighted by atomic mass is 9.84. The standard InChI is InChI=1S/C21H25FN2O2/c1-15(17-7-3-2-4-8-17)24-21(25)18-10-11-20(23-13-18)26-14-16-6-5-9-19(22)12-16/h5-6,9-13,15,17H,2-4,7-8,14H2,1H3,(H,24,25)/t15-/m0/s1. The zero-order valence-corrected chi connectivity index (χ0v) is 15.1. The molecule has 3 rings (SSSR count). The molecule has 5 heteroatoms. The summed E-state index contributed by atoms with van der Waals surface area (Å²) >= 11 is 0. The zero-order chi connectivity index (χ0) is 18.4. The number of ether oxygens (including phenoxy) is 1. The van der Waals surface area contributed by atoms with Crippen LogP contribution in [0.5, 0.6) is 5.88 Å². The lowest BCUT2D eigenvalue weighted by Crippen LogP contribution is -2.38. The second kappa shape index (κ2) is 8.79. The molecule has 1 aromatic carbocycles. The van der Waals surface area contributed by atoms with E-state index in [0.717, 1.165) is 5.56 Å². The van der Waals surface area contributed by atoms with E-state index in [9.17, 15) is 9.18 Å². The van der Waals surface area contributed by atoms with Crippen LogP contribution in [0.2, 0.25) is 0 Å². The van der Waals surface area contributed by atoms with Crippen LogP contribution < -0.4 is 10.1 Å². The van der Waals surface area contributed by atoms with Crippen molar-refractivity contribution >= 4 is 5.91 Å². The predicted octanol–water partition coefficient (Wildman–Crippen LogP) is 4.50. The number of hydrogen-bond acceptors (Lipinski definition) is 3. The number of carbonyl (C=O) groups excluding carboxylic acids is 1. The van der Waals surface area contributed by atoms with Crippen molar-refractivity contribution in [2.45, 2.75) is 51.7 Å². The molecule has 0 aliphatic heterocycles. The molecule has 0 spiro atoms. The molecule has 1 fully saturated rings. The van der Waals surface area contributed by atoms with Crippen LogP contribution in [0.25, 0.3) is 0 Å². The molecule has 26 heavy (non-hydrogen) atoms. The highest BCUT2D eigenvalue weighted by Crippen LogP contribution is 2.26. The second-order valence-electron chi connectivity index (χ2n) is 6.96. The molecule has 138 valence electrons. The highest BCUT2D eigenvalue weighted by molar-refractivity contribution is 5.94. The van der Waals surface area contributed by atoms with Gasteiger partial charge in [-0.05, 0) is 49.4 Å². The van der Waals surface area contributed by atoms with Crippen LogP contribution in [0, 0.1) is 11.7 Å². The molecule has 1 amide bonds. The third kappa shape index (κ3) is 5.04. The molecule has 0 saturated heterocycles. The van der Waals surface area contributed by atoms with E-state index in [1.165, 1.54) is 50.4 Å². The Balaban J connectivity index is 1.52. The summed E-state index contributed by atoms with van der Waals surface area (Å²) in [6.07, 6.45) is 7.70. The third-order valence-electron chi connectivity index (χ3n) is 4.99. The van der Waals surface area contributed by atoms with Gasteiger partial charge in [0.05, 0.1) is 5.56 Å². The number of halogens is 1. The van der Waals surface area contributed by atoms with E-state index >= 15 is 0 Å². The van der Waals surface area contributed by atoms with Crippen molar-refractivity contribution in [3.63, 3.8) is 0 Å². The molecule has 1 aliphatic rings. The number of aromatic nitrogens is 1. The Morgan fingerprint density at radius 2 is 2.08 bits per heavy atom. The number of amides is 1. The number of nitrogens with zero attached hydrogens (tertiary/aromatic N) is 1. The van der Waals surface area contributed by atoms with Crippen molar-refractivity contribution in [1.29, 1.82) is 0 Å². The van der Waals surface area contributed by atoms with Crippen molar-refractivity contribution in [2.75, 3.05) is 0 Å². The molecule has 1 atom stereocenters. The van der Waals surface area contributed by atoms with Crippen molar-refractivity contribution < 1.29 is 13.9 Å². The SMILES string of the molecule is C[C@H](NC(=O)c1ccc(OCc2cccc(F)c2)nc1)C1CCCCC1. The van der Waals surface area contributed by atoms with Gasteiger partial charge in [0.25, 0.3) is 5.91 Å². The Labute approximate surface area is 153 Å². The monoisotopic (exact) mass is 356 g/mol. The first-order valence-corrected chi connectivity index (χ1v) is 9.26. The van der Waals surface area contributed by atoms with Crippen LogP contribution in [0.1, 0.15) is 54.9 Å². The minimum Gasteiger partial charge on any atom is -0.473 e. The molecule has 1 saturated carbocycles. The first-order chi connectivity index (χ1) is 12.6. The lowest BCUT2D eigenvalue weighted by Gasteiger charge is -2.28. The largest absolute Gasteiger partial charge is 0.473 e. The van der Waals surface area contributed by atoms with E-state index in [0.29, 0.717) is 17.4 Å². The smallest absolute Gasteiger partial charge is 0.253 e.